The minimum Gasteiger partial charge on any atom is -0.548 e. The molecule has 0 spiro atoms. The largest absolute Gasteiger partial charge is 0.548 e. The van der Waals surface area contributed by atoms with Crippen molar-refractivity contribution in [3.63, 3.8) is 0 Å². The third kappa shape index (κ3) is 2.22. The number of hydrogen-bond acceptors (Lipinski definition) is 4. The van der Waals surface area contributed by atoms with Crippen LogP contribution < -0.4 is 15.2 Å². The standard InChI is InChI=1S/C16H10BrCl2NO3/c17-8-3-1-2-7-11-12-9(19)4-6(18)5-10(12)20-13(16(21)22)15(11)23-14(7)8/h1-5,11,13,15,20H,(H,21,22)/p-1. The van der Waals surface area contributed by atoms with Gasteiger partial charge in [0, 0.05) is 26.9 Å². The zero-order chi connectivity index (χ0) is 16.3. The topological polar surface area (TPSA) is 61.4 Å². The Kier molecular flexibility index (Phi) is 3.48. The van der Waals surface area contributed by atoms with Crippen molar-refractivity contribution in [2.75, 3.05) is 5.32 Å². The van der Waals surface area contributed by atoms with Crippen LogP contribution in [0.15, 0.2) is 34.8 Å². The van der Waals surface area contributed by atoms with Crippen molar-refractivity contribution in [3.8, 4) is 5.75 Å². The molecular weight excluding hydrogens is 405 g/mol. The fraction of sp³-hybridized carbons (Fsp3) is 0.188. The Balaban J connectivity index is 1.98. The Morgan fingerprint density at radius 3 is 2.83 bits per heavy atom. The average Bonchev–Trinajstić information content (AvgIpc) is 2.86. The Morgan fingerprint density at radius 1 is 1.30 bits per heavy atom. The van der Waals surface area contributed by atoms with Crippen LogP contribution in [0.5, 0.6) is 5.75 Å². The van der Waals surface area contributed by atoms with Gasteiger partial charge in [0.05, 0.1) is 16.4 Å². The molecule has 0 fully saturated rings. The maximum atomic E-state index is 11.6. The summed E-state index contributed by atoms with van der Waals surface area (Å²) in [5.41, 5.74) is 2.27. The lowest BCUT2D eigenvalue weighted by Gasteiger charge is -2.37. The first-order chi connectivity index (χ1) is 11.0. The van der Waals surface area contributed by atoms with Crippen molar-refractivity contribution in [1.29, 1.82) is 0 Å². The Bertz CT molecular complexity index is 842. The Labute approximate surface area is 150 Å². The number of rotatable bonds is 1. The molecule has 0 aromatic heterocycles. The maximum Gasteiger partial charge on any atom is 0.138 e. The van der Waals surface area contributed by atoms with Crippen molar-refractivity contribution < 1.29 is 14.6 Å². The molecule has 0 saturated carbocycles. The first-order valence-electron chi connectivity index (χ1n) is 6.89. The van der Waals surface area contributed by atoms with Crippen LogP contribution in [0, 0.1) is 0 Å². The predicted octanol–water partition coefficient (Wildman–Crippen LogP) is 3.19. The normalized spacial score (nSPS) is 24.0. The van der Waals surface area contributed by atoms with Gasteiger partial charge in [-0.15, -0.1) is 0 Å². The van der Waals surface area contributed by atoms with Crippen LogP contribution >= 0.6 is 39.1 Å². The summed E-state index contributed by atoms with van der Waals surface area (Å²) in [6.07, 6.45) is -0.639. The van der Waals surface area contributed by atoms with Gasteiger partial charge >= 0.3 is 0 Å². The van der Waals surface area contributed by atoms with Crippen molar-refractivity contribution >= 4 is 50.8 Å². The first kappa shape index (κ1) is 15.1. The minimum atomic E-state index is -1.23. The summed E-state index contributed by atoms with van der Waals surface area (Å²) in [7, 11) is 0. The highest BCUT2D eigenvalue weighted by atomic mass is 79.9. The second-order valence-electron chi connectivity index (χ2n) is 5.51. The van der Waals surface area contributed by atoms with Gasteiger partial charge in [-0.2, -0.15) is 0 Å². The molecule has 2 heterocycles. The number of aliphatic carboxylic acids is 1. The third-order valence-electron chi connectivity index (χ3n) is 4.21. The van der Waals surface area contributed by atoms with E-state index in [9.17, 15) is 9.90 Å². The number of ether oxygens (including phenoxy) is 1. The zero-order valence-electron chi connectivity index (χ0n) is 11.5. The number of carbonyl (C=O) groups is 1. The van der Waals surface area contributed by atoms with Crippen LogP contribution in [-0.2, 0) is 4.79 Å². The average molecular weight is 414 g/mol. The molecule has 7 heteroatoms. The van der Waals surface area contributed by atoms with E-state index in [-0.39, 0.29) is 5.92 Å². The number of benzene rings is 2. The molecule has 0 aliphatic carbocycles. The number of hydrogen-bond donors (Lipinski definition) is 1. The number of carboxylic acids is 1. The van der Waals surface area contributed by atoms with Crippen molar-refractivity contribution in [2.24, 2.45) is 0 Å². The summed E-state index contributed by atoms with van der Waals surface area (Å²) in [5, 5.41) is 15.4. The summed E-state index contributed by atoms with van der Waals surface area (Å²) in [5.74, 6) is -0.897. The molecule has 3 unspecified atom stereocenters. The minimum absolute atomic E-state index is 0.300. The van der Waals surface area contributed by atoms with Gasteiger partial charge in [0.25, 0.3) is 0 Å². The Hall–Kier alpha value is -1.43. The number of para-hydroxylation sites is 1. The van der Waals surface area contributed by atoms with Gasteiger partial charge in [0.2, 0.25) is 0 Å². The van der Waals surface area contributed by atoms with Gasteiger partial charge in [0.1, 0.15) is 17.9 Å². The molecule has 2 aliphatic rings. The van der Waals surface area contributed by atoms with Gasteiger partial charge < -0.3 is 20.0 Å². The molecule has 23 heavy (non-hydrogen) atoms. The van der Waals surface area contributed by atoms with E-state index in [0.29, 0.717) is 21.5 Å². The molecule has 4 nitrogen and oxygen atoms in total. The highest BCUT2D eigenvalue weighted by Crippen LogP contribution is 2.53. The smallest absolute Gasteiger partial charge is 0.138 e. The molecule has 0 saturated heterocycles. The fourth-order valence-electron chi connectivity index (χ4n) is 3.32. The van der Waals surface area contributed by atoms with Crippen LogP contribution in [0.4, 0.5) is 5.69 Å². The summed E-state index contributed by atoms with van der Waals surface area (Å²) in [6, 6.07) is 7.97. The molecule has 1 N–H and O–H groups in total. The maximum absolute atomic E-state index is 11.6. The SMILES string of the molecule is O=C([O-])C1Nc2cc(Cl)cc(Cl)c2C2c3cccc(Br)c3OC12. The second kappa shape index (κ2) is 5.30. The first-order valence-corrected chi connectivity index (χ1v) is 8.43. The fourth-order valence-corrected chi connectivity index (χ4v) is 4.41. The number of halogens is 3. The van der Waals surface area contributed by atoms with E-state index < -0.39 is 18.1 Å². The van der Waals surface area contributed by atoms with E-state index in [1.807, 2.05) is 18.2 Å². The summed E-state index contributed by atoms with van der Waals surface area (Å²) in [6.45, 7) is 0. The van der Waals surface area contributed by atoms with Crippen molar-refractivity contribution in [1.82, 2.24) is 0 Å². The molecule has 2 aliphatic heterocycles. The third-order valence-corrected chi connectivity index (χ3v) is 5.37. The molecule has 2 aromatic carbocycles. The molecule has 4 rings (SSSR count). The highest BCUT2D eigenvalue weighted by molar-refractivity contribution is 9.10. The van der Waals surface area contributed by atoms with E-state index in [2.05, 4.69) is 21.2 Å². The monoisotopic (exact) mass is 412 g/mol. The molecule has 0 bridgehead atoms. The molecule has 0 amide bonds. The van der Waals surface area contributed by atoms with Crippen LogP contribution in [0.1, 0.15) is 17.0 Å². The molecule has 2 aromatic rings. The van der Waals surface area contributed by atoms with Crippen molar-refractivity contribution in [2.45, 2.75) is 18.1 Å². The highest BCUT2D eigenvalue weighted by Gasteiger charge is 2.47. The molecule has 3 atom stereocenters. The van der Waals surface area contributed by atoms with Gasteiger partial charge in [-0.3, -0.25) is 0 Å². The number of nitrogens with one attached hydrogen (secondary N) is 1. The van der Waals surface area contributed by atoms with E-state index in [4.69, 9.17) is 27.9 Å². The lowest BCUT2D eigenvalue weighted by Crippen LogP contribution is -2.53. The molecular formula is C16H9BrCl2NO3-. The number of anilines is 1. The molecule has 118 valence electrons. The number of carbonyl (C=O) groups excluding carboxylic acids is 1. The van der Waals surface area contributed by atoms with E-state index in [1.165, 1.54) is 0 Å². The number of carboxylic acid groups (broad SMARTS) is 1. The quantitative estimate of drug-likeness (QED) is 0.779. The van der Waals surface area contributed by atoms with Gasteiger partial charge in [-0.05, 0) is 34.1 Å². The second-order valence-corrected chi connectivity index (χ2v) is 7.21. The molecule has 0 radical (unpaired) electrons. The van der Waals surface area contributed by atoms with Crippen LogP contribution in [0.2, 0.25) is 10.0 Å². The van der Waals surface area contributed by atoms with Crippen LogP contribution in [0.25, 0.3) is 0 Å². The zero-order valence-corrected chi connectivity index (χ0v) is 14.6. The van der Waals surface area contributed by atoms with E-state index in [0.717, 1.165) is 15.6 Å². The lowest BCUT2D eigenvalue weighted by atomic mass is 9.81. The number of fused-ring (bicyclic) bond motifs is 5. The van der Waals surface area contributed by atoms with E-state index >= 15 is 0 Å². The van der Waals surface area contributed by atoms with Crippen molar-refractivity contribution in [3.05, 3.63) is 56.0 Å². The summed E-state index contributed by atoms with van der Waals surface area (Å²) in [4.78, 5) is 11.6. The Morgan fingerprint density at radius 2 is 2.09 bits per heavy atom. The van der Waals surface area contributed by atoms with Crippen LogP contribution in [-0.4, -0.2) is 18.1 Å². The lowest BCUT2D eigenvalue weighted by molar-refractivity contribution is -0.308. The van der Waals surface area contributed by atoms with Gasteiger partial charge in [-0.1, -0.05) is 35.3 Å². The van der Waals surface area contributed by atoms with Gasteiger partial charge in [-0.25, -0.2) is 0 Å². The predicted molar refractivity (Wildman–Crippen MR) is 89.3 cm³/mol. The summed E-state index contributed by atoms with van der Waals surface area (Å²) >= 11 is 15.9. The van der Waals surface area contributed by atoms with Crippen LogP contribution in [0.3, 0.4) is 0 Å². The summed E-state index contributed by atoms with van der Waals surface area (Å²) < 4.78 is 6.71. The van der Waals surface area contributed by atoms with Gasteiger partial charge in [0.15, 0.2) is 0 Å². The van der Waals surface area contributed by atoms with E-state index in [1.54, 1.807) is 12.1 Å².